The zero-order valence-corrected chi connectivity index (χ0v) is 16.3. The number of nitrogens with zero attached hydrogens (tertiary/aromatic N) is 3. The molecule has 0 bridgehead atoms. The summed E-state index contributed by atoms with van der Waals surface area (Å²) in [5.41, 5.74) is 1.80. The highest BCUT2D eigenvalue weighted by Gasteiger charge is 2.36. The third kappa shape index (κ3) is 4.32. The van der Waals surface area contributed by atoms with E-state index < -0.39 is 19.5 Å². The molecule has 144 valence electrons. The number of aryl methyl sites for hydroxylation is 1. The van der Waals surface area contributed by atoms with Gasteiger partial charge in [-0.3, -0.25) is 9.55 Å². The average molecular weight is 382 g/mol. The number of aromatic nitrogens is 3. The van der Waals surface area contributed by atoms with E-state index in [1.165, 1.54) is 0 Å². The van der Waals surface area contributed by atoms with Crippen LogP contribution < -0.4 is 4.89 Å². The molecule has 4 atom stereocenters. The Morgan fingerprint density at radius 3 is 2.81 bits per heavy atom. The van der Waals surface area contributed by atoms with Crippen LogP contribution >= 0.6 is 7.82 Å². The van der Waals surface area contributed by atoms with Crippen LogP contribution in [-0.2, 0) is 13.6 Å². The van der Waals surface area contributed by atoms with Gasteiger partial charge in [0.15, 0.2) is 0 Å². The lowest BCUT2D eigenvalue weighted by atomic mass is 10.1. The Labute approximate surface area is 152 Å². The van der Waals surface area contributed by atoms with E-state index in [0.717, 1.165) is 16.7 Å². The monoisotopic (exact) mass is 382 g/mol. The van der Waals surface area contributed by atoms with Crippen molar-refractivity contribution in [1.82, 2.24) is 14.5 Å². The molecule has 1 fully saturated rings. The van der Waals surface area contributed by atoms with E-state index in [1.54, 1.807) is 33.3 Å². The molecule has 1 N–H and O–H groups in total. The highest BCUT2D eigenvalue weighted by Crippen LogP contribution is 2.45. The van der Waals surface area contributed by atoms with Crippen molar-refractivity contribution in [2.45, 2.75) is 58.3 Å². The van der Waals surface area contributed by atoms with Gasteiger partial charge in [-0.1, -0.05) is 0 Å². The van der Waals surface area contributed by atoms with E-state index in [2.05, 4.69) is 9.97 Å². The molecule has 0 amide bonds. The first-order valence-electron chi connectivity index (χ1n) is 8.68. The Balaban J connectivity index is 1.68. The lowest BCUT2D eigenvalue weighted by Gasteiger charge is -2.31. The van der Waals surface area contributed by atoms with E-state index in [4.69, 9.17) is 9.05 Å². The molecule has 8 nitrogen and oxygen atoms in total. The standard InChI is InChI=1S/C17H26N3O5P/c1-11-16-14(5-6-18-11)20(10-19-16)13-7-12(15(21)8-13)9-24-26(22,23)25-17(2,3)4/h5-6,10,12-13,15,21H,7-9H2,1-4H3,(H,22,23)/p-1. The molecule has 0 aliphatic heterocycles. The van der Waals surface area contributed by atoms with E-state index in [1.807, 2.05) is 17.6 Å². The maximum Gasteiger partial charge on any atom is 0.268 e. The van der Waals surface area contributed by atoms with Gasteiger partial charge in [0.1, 0.15) is 5.52 Å². The molecule has 2 aromatic rings. The second kappa shape index (κ2) is 7.02. The van der Waals surface area contributed by atoms with Gasteiger partial charge in [-0.2, -0.15) is 0 Å². The SMILES string of the molecule is Cc1nccc2c1ncn2C1CC(O)C(COP(=O)([O-])OC(C)(C)C)C1. The summed E-state index contributed by atoms with van der Waals surface area (Å²) in [6.45, 7) is 6.73. The molecule has 1 aliphatic carbocycles. The molecular formula is C17H25N3O5P-. The van der Waals surface area contributed by atoms with Gasteiger partial charge in [0.25, 0.3) is 7.82 Å². The summed E-state index contributed by atoms with van der Waals surface area (Å²) in [6, 6.07) is 1.93. The van der Waals surface area contributed by atoms with Crippen LogP contribution in [0, 0.1) is 12.8 Å². The molecule has 4 unspecified atom stereocenters. The first-order valence-corrected chi connectivity index (χ1v) is 10.1. The summed E-state index contributed by atoms with van der Waals surface area (Å²) >= 11 is 0. The predicted molar refractivity (Wildman–Crippen MR) is 94.4 cm³/mol. The van der Waals surface area contributed by atoms with Crippen LogP contribution in [0.4, 0.5) is 0 Å². The Hall–Kier alpha value is -1.31. The number of aliphatic hydroxyl groups is 1. The quantitative estimate of drug-likeness (QED) is 0.791. The summed E-state index contributed by atoms with van der Waals surface area (Å²) in [7, 11) is -4.41. The average Bonchev–Trinajstić information content (AvgIpc) is 3.07. The molecule has 1 aliphatic rings. The first-order chi connectivity index (χ1) is 12.1. The Morgan fingerprint density at radius 1 is 1.38 bits per heavy atom. The maximum absolute atomic E-state index is 11.9. The number of aliphatic hydroxyl groups excluding tert-OH is 1. The van der Waals surface area contributed by atoms with Gasteiger partial charge in [-0.15, -0.1) is 0 Å². The number of phosphoric ester groups is 1. The van der Waals surface area contributed by atoms with E-state index >= 15 is 0 Å². The summed E-state index contributed by atoms with van der Waals surface area (Å²) in [5.74, 6) is -0.286. The Morgan fingerprint density at radius 2 is 2.12 bits per heavy atom. The second-order valence-corrected chi connectivity index (χ2v) is 9.15. The Bertz CT molecular complexity index is 831. The van der Waals surface area contributed by atoms with Gasteiger partial charge >= 0.3 is 0 Å². The number of fused-ring (bicyclic) bond motifs is 1. The van der Waals surface area contributed by atoms with Crippen molar-refractivity contribution in [3.63, 3.8) is 0 Å². The molecule has 3 rings (SSSR count). The molecule has 9 heteroatoms. The van der Waals surface area contributed by atoms with Crippen LogP contribution in [0.3, 0.4) is 0 Å². The van der Waals surface area contributed by atoms with Gasteiger partial charge in [-0.25, -0.2) is 4.98 Å². The number of hydrogen-bond donors (Lipinski definition) is 1. The molecule has 2 heterocycles. The topological polar surface area (TPSA) is 110 Å². The molecule has 1 saturated carbocycles. The zero-order valence-electron chi connectivity index (χ0n) is 15.5. The van der Waals surface area contributed by atoms with Crippen LogP contribution in [-0.4, -0.2) is 38.0 Å². The normalized spacial score (nSPS) is 26.3. The minimum atomic E-state index is -4.41. The van der Waals surface area contributed by atoms with Crippen molar-refractivity contribution in [2.24, 2.45) is 5.92 Å². The van der Waals surface area contributed by atoms with Crippen LogP contribution in [0.15, 0.2) is 18.6 Å². The molecule has 2 aromatic heterocycles. The summed E-state index contributed by atoms with van der Waals surface area (Å²) < 4.78 is 23.9. The van der Waals surface area contributed by atoms with Crippen LogP contribution in [0.1, 0.15) is 45.3 Å². The van der Waals surface area contributed by atoms with E-state index in [9.17, 15) is 14.6 Å². The first kappa shape index (κ1) is 19.5. The highest BCUT2D eigenvalue weighted by molar-refractivity contribution is 7.45. The number of hydrogen-bond acceptors (Lipinski definition) is 7. The van der Waals surface area contributed by atoms with Crippen molar-refractivity contribution >= 4 is 18.9 Å². The molecule has 0 radical (unpaired) electrons. The minimum Gasteiger partial charge on any atom is -0.756 e. The van der Waals surface area contributed by atoms with E-state index in [-0.39, 0.29) is 18.6 Å². The predicted octanol–water partition coefficient (Wildman–Crippen LogP) is 2.35. The smallest absolute Gasteiger partial charge is 0.268 e. The van der Waals surface area contributed by atoms with Crippen molar-refractivity contribution in [1.29, 1.82) is 0 Å². The van der Waals surface area contributed by atoms with Crippen molar-refractivity contribution in [3.8, 4) is 0 Å². The lowest BCUT2D eigenvalue weighted by Crippen LogP contribution is -2.25. The van der Waals surface area contributed by atoms with Gasteiger partial charge in [-0.05, 0) is 46.6 Å². The van der Waals surface area contributed by atoms with Crippen molar-refractivity contribution in [3.05, 3.63) is 24.3 Å². The number of imidazole rings is 1. The second-order valence-electron chi connectivity index (χ2n) is 7.82. The van der Waals surface area contributed by atoms with Crippen LogP contribution in [0.25, 0.3) is 11.0 Å². The maximum atomic E-state index is 11.9. The van der Waals surface area contributed by atoms with Crippen molar-refractivity contribution in [2.75, 3.05) is 6.61 Å². The number of pyridine rings is 1. The lowest BCUT2D eigenvalue weighted by molar-refractivity contribution is -0.235. The third-order valence-corrected chi connectivity index (χ3v) is 5.77. The Kier molecular flexibility index (Phi) is 5.25. The molecule has 0 spiro atoms. The number of phosphoric acid groups is 1. The molecule has 0 saturated heterocycles. The fraction of sp³-hybridized carbons (Fsp3) is 0.647. The largest absolute Gasteiger partial charge is 0.756 e. The van der Waals surface area contributed by atoms with Gasteiger partial charge < -0.3 is 23.6 Å². The number of rotatable bonds is 5. The minimum absolute atomic E-state index is 0.0278. The summed E-state index contributed by atoms with van der Waals surface area (Å²) in [4.78, 5) is 20.6. The van der Waals surface area contributed by atoms with Gasteiger partial charge in [0.2, 0.25) is 0 Å². The summed E-state index contributed by atoms with van der Waals surface area (Å²) in [6.07, 6.45) is 3.96. The zero-order chi connectivity index (χ0) is 19.1. The van der Waals surface area contributed by atoms with Crippen molar-refractivity contribution < 1.29 is 23.6 Å². The molecule has 0 aromatic carbocycles. The third-order valence-electron chi connectivity index (χ3n) is 4.53. The molecule has 26 heavy (non-hydrogen) atoms. The van der Waals surface area contributed by atoms with Gasteiger partial charge in [0, 0.05) is 18.2 Å². The molecular weight excluding hydrogens is 357 g/mol. The fourth-order valence-electron chi connectivity index (χ4n) is 3.42. The van der Waals surface area contributed by atoms with Gasteiger partial charge in [0.05, 0.1) is 35.8 Å². The van der Waals surface area contributed by atoms with E-state index in [0.29, 0.717) is 12.8 Å². The highest BCUT2D eigenvalue weighted by atomic mass is 31.2. The van der Waals surface area contributed by atoms with Crippen LogP contribution in [0.2, 0.25) is 0 Å². The fourth-order valence-corrected chi connectivity index (χ4v) is 4.51. The van der Waals surface area contributed by atoms with Crippen LogP contribution in [0.5, 0.6) is 0 Å². The summed E-state index contributed by atoms with van der Waals surface area (Å²) in [5, 5.41) is 10.4.